The zero-order chi connectivity index (χ0) is 18.4. The molecule has 0 saturated carbocycles. The lowest BCUT2D eigenvalue weighted by molar-refractivity contribution is -0.384. The Balaban J connectivity index is 2.04. The van der Waals surface area contributed by atoms with Crippen molar-refractivity contribution in [1.82, 2.24) is 10.3 Å². The number of ether oxygens (including phenoxy) is 1. The van der Waals surface area contributed by atoms with Crippen molar-refractivity contribution in [3.05, 3.63) is 63.4 Å². The largest absolute Gasteiger partial charge is 0.425 e. The fourth-order valence-electron chi connectivity index (χ4n) is 1.94. The van der Waals surface area contributed by atoms with E-state index in [1.165, 1.54) is 36.5 Å². The Bertz CT molecular complexity index is 795. The van der Waals surface area contributed by atoms with Crippen LogP contribution in [0.5, 0.6) is 5.75 Å². The van der Waals surface area contributed by atoms with Crippen LogP contribution in [0.15, 0.2) is 42.6 Å². The van der Waals surface area contributed by atoms with Gasteiger partial charge in [0.25, 0.3) is 11.6 Å². The molecule has 1 unspecified atom stereocenters. The van der Waals surface area contributed by atoms with Crippen molar-refractivity contribution in [2.75, 3.05) is 0 Å². The number of hydrogen-bond donors (Lipinski definition) is 1. The highest BCUT2D eigenvalue weighted by Crippen LogP contribution is 2.18. The SMILES string of the molecule is CCC(NC(=O)c1cccnc1Cl)C(=O)Oc1ccc([N+](=O)[O-])cc1. The number of nitro groups is 1. The van der Waals surface area contributed by atoms with Crippen molar-refractivity contribution in [2.45, 2.75) is 19.4 Å². The maximum Gasteiger partial charge on any atom is 0.334 e. The third-order valence-electron chi connectivity index (χ3n) is 3.27. The van der Waals surface area contributed by atoms with Crippen LogP contribution in [0.3, 0.4) is 0 Å². The molecular formula is C16H14ClN3O5. The summed E-state index contributed by atoms with van der Waals surface area (Å²) < 4.78 is 5.14. The molecule has 1 aromatic heterocycles. The number of hydrogen-bond acceptors (Lipinski definition) is 6. The summed E-state index contributed by atoms with van der Waals surface area (Å²) in [6, 6.07) is 7.19. The molecule has 130 valence electrons. The Morgan fingerprint density at radius 3 is 2.56 bits per heavy atom. The van der Waals surface area contributed by atoms with Crippen LogP contribution in [0.1, 0.15) is 23.7 Å². The number of esters is 1. The molecule has 0 bridgehead atoms. The molecule has 2 aromatic rings. The Hall–Kier alpha value is -3.00. The van der Waals surface area contributed by atoms with Gasteiger partial charge in [0.15, 0.2) is 0 Å². The van der Waals surface area contributed by atoms with E-state index in [0.29, 0.717) is 0 Å². The molecule has 0 radical (unpaired) electrons. The number of nitrogens with one attached hydrogen (secondary N) is 1. The van der Waals surface area contributed by atoms with Gasteiger partial charge < -0.3 is 10.1 Å². The van der Waals surface area contributed by atoms with Crippen LogP contribution in [0.4, 0.5) is 5.69 Å². The number of carbonyl (C=O) groups excluding carboxylic acids is 2. The van der Waals surface area contributed by atoms with Gasteiger partial charge in [0.1, 0.15) is 16.9 Å². The summed E-state index contributed by atoms with van der Waals surface area (Å²) >= 11 is 5.85. The maximum absolute atomic E-state index is 12.2. The molecule has 0 aliphatic heterocycles. The monoisotopic (exact) mass is 363 g/mol. The van der Waals surface area contributed by atoms with Crippen LogP contribution >= 0.6 is 11.6 Å². The fraction of sp³-hybridized carbons (Fsp3) is 0.188. The summed E-state index contributed by atoms with van der Waals surface area (Å²) in [6.07, 6.45) is 1.73. The number of benzene rings is 1. The summed E-state index contributed by atoms with van der Waals surface area (Å²) in [6.45, 7) is 1.70. The molecule has 0 saturated heterocycles. The van der Waals surface area contributed by atoms with Gasteiger partial charge in [-0.05, 0) is 30.7 Å². The average molecular weight is 364 g/mol. The first-order chi connectivity index (χ1) is 11.9. The fourth-order valence-corrected chi connectivity index (χ4v) is 2.15. The Morgan fingerprint density at radius 1 is 1.32 bits per heavy atom. The van der Waals surface area contributed by atoms with E-state index in [9.17, 15) is 19.7 Å². The second kappa shape index (κ2) is 8.20. The molecule has 1 heterocycles. The van der Waals surface area contributed by atoms with Gasteiger partial charge >= 0.3 is 5.97 Å². The van der Waals surface area contributed by atoms with Crippen molar-refractivity contribution in [1.29, 1.82) is 0 Å². The minimum Gasteiger partial charge on any atom is -0.425 e. The van der Waals surface area contributed by atoms with E-state index < -0.39 is 22.8 Å². The Labute approximate surface area is 147 Å². The van der Waals surface area contributed by atoms with Gasteiger partial charge in [-0.1, -0.05) is 18.5 Å². The van der Waals surface area contributed by atoms with E-state index in [1.54, 1.807) is 13.0 Å². The van der Waals surface area contributed by atoms with Gasteiger partial charge in [0.2, 0.25) is 0 Å². The predicted molar refractivity (Wildman–Crippen MR) is 89.5 cm³/mol. The van der Waals surface area contributed by atoms with E-state index in [0.717, 1.165) is 0 Å². The van der Waals surface area contributed by atoms with Crippen LogP contribution < -0.4 is 10.1 Å². The third kappa shape index (κ3) is 4.74. The highest BCUT2D eigenvalue weighted by molar-refractivity contribution is 6.32. The van der Waals surface area contributed by atoms with Crippen molar-refractivity contribution in [3.8, 4) is 5.75 Å². The van der Waals surface area contributed by atoms with Crippen molar-refractivity contribution in [3.63, 3.8) is 0 Å². The molecule has 2 rings (SSSR count). The van der Waals surface area contributed by atoms with Gasteiger partial charge in [-0.2, -0.15) is 0 Å². The average Bonchev–Trinajstić information content (AvgIpc) is 2.60. The van der Waals surface area contributed by atoms with E-state index in [1.807, 2.05) is 0 Å². The second-order valence-electron chi connectivity index (χ2n) is 4.95. The second-order valence-corrected chi connectivity index (χ2v) is 5.31. The van der Waals surface area contributed by atoms with Crippen LogP contribution in [-0.2, 0) is 4.79 Å². The number of nitrogens with zero attached hydrogens (tertiary/aromatic N) is 2. The Morgan fingerprint density at radius 2 is 2.00 bits per heavy atom. The van der Waals surface area contributed by atoms with E-state index in [4.69, 9.17) is 16.3 Å². The number of non-ortho nitro benzene ring substituents is 1. The number of amides is 1. The topological polar surface area (TPSA) is 111 Å². The van der Waals surface area contributed by atoms with Gasteiger partial charge in [-0.3, -0.25) is 14.9 Å². The minimum absolute atomic E-state index is 0.0265. The number of pyridine rings is 1. The first-order valence-corrected chi connectivity index (χ1v) is 7.67. The summed E-state index contributed by atoms with van der Waals surface area (Å²) in [5.74, 6) is -1.10. The molecule has 1 aromatic carbocycles. The molecule has 0 fully saturated rings. The van der Waals surface area contributed by atoms with Crippen molar-refractivity contribution in [2.24, 2.45) is 0 Å². The smallest absolute Gasteiger partial charge is 0.334 e. The maximum atomic E-state index is 12.2. The molecule has 8 nitrogen and oxygen atoms in total. The number of rotatable bonds is 6. The van der Waals surface area contributed by atoms with E-state index in [2.05, 4.69) is 10.3 Å². The predicted octanol–water partition coefficient (Wildman–Crippen LogP) is 2.76. The van der Waals surface area contributed by atoms with Gasteiger partial charge in [0.05, 0.1) is 10.5 Å². The lowest BCUT2D eigenvalue weighted by Crippen LogP contribution is -2.42. The normalized spacial score (nSPS) is 11.4. The molecule has 1 amide bonds. The first-order valence-electron chi connectivity index (χ1n) is 7.30. The molecule has 0 aliphatic carbocycles. The van der Waals surface area contributed by atoms with Crippen LogP contribution in [0, 0.1) is 10.1 Å². The summed E-state index contributed by atoms with van der Waals surface area (Å²) in [7, 11) is 0. The van der Waals surface area contributed by atoms with Crippen LogP contribution in [-0.4, -0.2) is 27.8 Å². The number of carbonyl (C=O) groups is 2. The van der Waals surface area contributed by atoms with Crippen LogP contribution in [0.25, 0.3) is 0 Å². The highest BCUT2D eigenvalue weighted by atomic mass is 35.5. The molecule has 0 aliphatic rings. The molecule has 1 N–H and O–H groups in total. The van der Waals surface area contributed by atoms with Gasteiger partial charge in [0, 0.05) is 18.3 Å². The Kier molecular flexibility index (Phi) is 6.02. The molecule has 0 spiro atoms. The zero-order valence-corrected chi connectivity index (χ0v) is 13.9. The first kappa shape index (κ1) is 18.3. The lowest BCUT2D eigenvalue weighted by atomic mass is 10.2. The van der Waals surface area contributed by atoms with E-state index >= 15 is 0 Å². The zero-order valence-electron chi connectivity index (χ0n) is 13.1. The quantitative estimate of drug-likeness (QED) is 0.278. The molecule has 9 heteroatoms. The summed E-state index contributed by atoms with van der Waals surface area (Å²) in [5.41, 5.74) is 0.0251. The summed E-state index contributed by atoms with van der Waals surface area (Å²) in [4.78, 5) is 38.2. The van der Waals surface area contributed by atoms with Crippen LogP contribution in [0.2, 0.25) is 5.15 Å². The minimum atomic E-state index is -0.904. The summed E-state index contributed by atoms with van der Waals surface area (Å²) in [5, 5.41) is 13.2. The molecule has 1 atom stereocenters. The third-order valence-corrected chi connectivity index (χ3v) is 3.57. The van der Waals surface area contributed by atoms with E-state index in [-0.39, 0.29) is 28.6 Å². The number of halogens is 1. The van der Waals surface area contributed by atoms with Crippen molar-refractivity contribution < 1.29 is 19.2 Å². The lowest BCUT2D eigenvalue weighted by Gasteiger charge is -2.16. The van der Waals surface area contributed by atoms with Crippen molar-refractivity contribution >= 4 is 29.2 Å². The van der Waals surface area contributed by atoms with Gasteiger partial charge in [-0.25, -0.2) is 9.78 Å². The highest BCUT2D eigenvalue weighted by Gasteiger charge is 2.23. The number of aromatic nitrogens is 1. The molecule has 25 heavy (non-hydrogen) atoms. The molecular weight excluding hydrogens is 350 g/mol. The van der Waals surface area contributed by atoms with Gasteiger partial charge in [-0.15, -0.1) is 0 Å². The number of nitro benzene ring substituents is 1. The standard InChI is InChI=1S/C16H14ClN3O5/c1-2-13(19-15(21)12-4-3-9-18-14(12)17)16(22)25-11-7-5-10(6-8-11)20(23)24/h3-9,13H,2H2,1H3,(H,19,21).